The fraction of sp³-hybridized carbons (Fsp3) is 0.750. The molecule has 0 fully saturated rings. The van der Waals surface area contributed by atoms with Gasteiger partial charge in [-0.05, 0) is 64.2 Å². The van der Waals surface area contributed by atoms with Crippen LogP contribution in [0, 0.1) is 0 Å². The van der Waals surface area contributed by atoms with Crippen LogP contribution in [-0.2, 0) is 28.6 Å². The highest BCUT2D eigenvalue weighted by atomic mass is 16.6. The lowest BCUT2D eigenvalue weighted by Gasteiger charge is -2.34. The molecular formula is C60H105NO7. The zero-order chi connectivity index (χ0) is 49.9. The van der Waals surface area contributed by atoms with Gasteiger partial charge in [0.15, 0.2) is 6.10 Å². The Kier molecular flexibility index (Phi) is 47.8. The van der Waals surface area contributed by atoms with E-state index in [0.29, 0.717) is 12.8 Å². The van der Waals surface area contributed by atoms with Crippen LogP contribution in [0.25, 0.3) is 0 Å². The van der Waals surface area contributed by atoms with E-state index in [4.69, 9.17) is 14.2 Å². The molecule has 8 heteroatoms. The first-order chi connectivity index (χ1) is 33.1. The maximum atomic E-state index is 12.8. The molecule has 8 nitrogen and oxygen atoms in total. The van der Waals surface area contributed by atoms with Crippen LogP contribution in [0.3, 0.4) is 0 Å². The number of unbranched alkanes of at least 4 members (excludes halogenated alkanes) is 24. The number of carboxylic acids is 1. The average molecular weight is 952 g/mol. The molecule has 2 atom stereocenters. The molecule has 0 bridgehead atoms. The summed E-state index contributed by atoms with van der Waals surface area (Å²) in [6.07, 6.45) is 65.2. The molecule has 0 saturated heterocycles. The van der Waals surface area contributed by atoms with Gasteiger partial charge in [-0.3, -0.25) is 9.59 Å². The summed E-state index contributed by atoms with van der Waals surface area (Å²) in [6.45, 7) is 4.54. The van der Waals surface area contributed by atoms with E-state index in [1.165, 1.54) is 122 Å². The molecule has 0 radical (unpaired) electrons. The largest absolute Gasteiger partial charge is 0.544 e. The van der Waals surface area contributed by atoms with Gasteiger partial charge in [-0.25, -0.2) is 0 Å². The summed E-state index contributed by atoms with van der Waals surface area (Å²) in [5.74, 6) is -1.77. The third kappa shape index (κ3) is 47.8. The Labute approximate surface area is 419 Å². The Morgan fingerprint density at radius 3 is 1.22 bits per heavy atom. The first kappa shape index (κ1) is 64.8. The number of carbonyl (C=O) groups excluding carboxylic acids is 3. The molecule has 392 valence electrons. The van der Waals surface area contributed by atoms with Gasteiger partial charge in [-0.15, -0.1) is 0 Å². The molecule has 0 aliphatic rings. The number of likely N-dealkylation sites (N-methyl/N-ethyl adjacent to an activating group) is 1. The van der Waals surface area contributed by atoms with Crippen LogP contribution in [-0.4, -0.2) is 75.5 Å². The third-order valence-corrected chi connectivity index (χ3v) is 12.4. The first-order valence-corrected chi connectivity index (χ1v) is 28.0. The highest BCUT2D eigenvalue weighted by Crippen LogP contribution is 2.16. The van der Waals surface area contributed by atoms with E-state index in [1.54, 1.807) is 21.1 Å². The third-order valence-electron chi connectivity index (χ3n) is 12.4. The average Bonchev–Trinajstić information content (AvgIpc) is 3.30. The molecule has 2 unspecified atom stereocenters. The van der Waals surface area contributed by atoms with Crippen molar-refractivity contribution in [2.24, 2.45) is 0 Å². The van der Waals surface area contributed by atoms with Crippen LogP contribution in [0.15, 0.2) is 72.9 Å². The summed E-state index contributed by atoms with van der Waals surface area (Å²) in [5.41, 5.74) is 0. The Balaban J connectivity index is 4.25. The normalized spacial score (nSPS) is 13.4. The number of carboxylic acid groups (broad SMARTS) is 1. The van der Waals surface area contributed by atoms with Crippen LogP contribution < -0.4 is 5.11 Å². The van der Waals surface area contributed by atoms with Gasteiger partial charge in [-0.2, -0.15) is 0 Å². The lowest BCUT2D eigenvalue weighted by atomic mass is 10.0. The van der Waals surface area contributed by atoms with Gasteiger partial charge in [0.2, 0.25) is 0 Å². The van der Waals surface area contributed by atoms with Gasteiger partial charge in [0.25, 0.3) is 0 Å². The molecule has 0 aromatic carbocycles. The number of nitrogens with zero attached hydrogens (tertiary/aromatic N) is 1. The number of esters is 2. The number of hydrogen-bond acceptors (Lipinski definition) is 7. The molecule has 0 spiro atoms. The van der Waals surface area contributed by atoms with E-state index in [-0.39, 0.29) is 49.1 Å². The van der Waals surface area contributed by atoms with E-state index < -0.39 is 18.1 Å². The Morgan fingerprint density at radius 2 is 0.824 bits per heavy atom. The lowest BCUT2D eigenvalue weighted by molar-refractivity contribution is -0.889. The monoisotopic (exact) mass is 952 g/mol. The minimum atomic E-state index is -1.13. The van der Waals surface area contributed by atoms with Crippen LogP contribution in [0.4, 0.5) is 0 Å². The van der Waals surface area contributed by atoms with Gasteiger partial charge >= 0.3 is 11.9 Å². The van der Waals surface area contributed by atoms with Gasteiger partial charge in [0, 0.05) is 19.3 Å². The van der Waals surface area contributed by atoms with E-state index >= 15 is 0 Å². The van der Waals surface area contributed by atoms with Crippen LogP contribution >= 0.6 is 0 Å². The summed E-state index contributed by atoms with van der Waals surface area (Å²) >= 11 is 0. The van der Waals surface area contributed by atoms with Crippen molar-refractivity contribution in [1.29, 1.82) is 0 Å². The molecule has 0 aromatic rings. The van der Waals surface area contributed by atoms with Crippen molar-refractivity contribution in [1.82, 2.24) is 0 Å². The Hall–Kier alpha value is -3.23. The molecular weight excluding hydrogens is 847 g/mol. The topological polar surface area (TPSA) is 102 Å². The highest BCUT2D eigenvalue weighted by Gasteiger charge is 2.25. The Morgan fingerprint density at radius 1 is 0.456 bits per heavy atom. The fourth-order valence-electron chi connectivity index (χ4n) is 8.08. The van der Waals surface area contributed by atoms with Crippen LogP contribution in [0.1, 0.15) is 239 Å². The first-order valence-electron chi connectivity index (χ1n) is 28.0. The molecule has 0 aliphatic carbocycles. The number of carbonyl (C=O) groups is 3. The smallest absolute Gasteiger partial charge is 0.306 e. The zero-order valence-electron chi connectivity index (χ0n) is 44.8. The predicted molar refractivity (Wildman–Crippen MR) is 286 cm³/mol. The second-order valence-electron chi connectivity index (χ2n) is 19.8. The molecule has 0 saturated carbocycles. The van der Waals surface area contributed by atoms with Crippen LogP contribution in [0.2, 0.25) is 0 Å². The van der Waals surface area contributed by atoms with E-state index in [0.717, 1.165) is 77.0 Å². The zero-order valence-corrected chi connectivity index (χ0v) is 44.8. The van der Waals surface area contributed by atoms with Crippen LogP contribution in [0.5, 0.6) is 0 Å². The van der Waals surface area contributed by atoms with Crippen molar-refractivity contribution in [3.8, 4) is 0 Å². The second-order valence-corrected chi connectivity index (χ2v) is 19.8. The van der Waals surface area contributed by atoms with Gasteiger partial charge in [0.05, 0.1) is 40.3 Å². The molecule has 0 amide bonds. The molecule has 0 heterocycles. The lowest BCUT2D eigenvalue weighted by Crippen LogP contribution is -2.55. The molecule has 0 rings (SSSR count). The Bertz CT molecular complexity index is 1340. The van der Waals surface area contributed by atoms with Crippen molar-refractivity contribution < 1.29 is 38.2 Å². The summed E-state index contributed by atoms with van der Waals surface area (Å²) < 4.78 is 17.3. The number of hydrogen-bond donors (Lipinski definition) is 0. The quantitative estimate of drug-likeness (QED) is 0.0259. The SMILES string of the molecule is CC/C=C/C/C=C/C/C=C/C/C=C/C/C=C/C/C=C/CCCCCC(=O)OC(COCCC(C(=O)[O-])[N+](C)(C)C)COC(=O)CCCCCCCCCCCCCCCCCCCCCCCC. The van der Waals surface area contributed by atoms with Gasteiger partial charge < -0.3 is 28.6 Å². The van der Waals surface area contributed by atoms with E-state index in [1.807, 2.05) is 0 Å². The number of ether oxygens (including phenoxy) is 3. The number of allylic oxidation sites excluding steroid dienone is 12. The minimum Gasteiger partial charge on any atom is -0.544 e. The van der Waals surface area contributed by atoms with E-state index in [2.05, 4.69) is 86.8 Å². The standard InChI is InChI=1S/C60H105NO7/c1-6-8-10-12-14-16-18-20-22-24-26-28-30-32-34-36-38-40-42-44-46-48-50-58(62)67-55-56(54-66-53-52-57(60(64)65)61(3,4)5)68-59(63)51-49-47-45-43-41-39-37-35-33-31-29-27-25-23-21-19-17-15-13-11-9-7-2/h9,11,15,17,21,23,27,29,33,35,39,41,56-57H,6-8,10,12-14,16,18-20,22,24-26,28,30-32,34,36-38,40,42-55H2,1-5H3/b11-9+,17-15+,23-21+,29-27+,35-33+,41-39+. The number of quaternary nitrogens is 1. The molecule has 0 aromatic heterocycles. The van der Waals surface area contributed by atoms with Crippen molar-refractivity contribution in [3.05, 3.63) is 72.9 Å². The summed E-state index contributed by atoms with van der Waals surface area (Å²) in [7, 11) is 5.41. The van der Waals surface area contributed by atoms with Crippen molar-refractivity contribution in [2.75, 3.05) is 41.0 Å². The fourth-order valence-corrected chi connectivity index (χ4v) is 8.08. The van der Waals surface area contributed by atoms with Crippen molar-refractivity contribution in [2.45, 2.75) is 251 Å². The van der Waals surface area contributed by atoms with Gasteiger partial charge in [-0.1, -0.05) is 228 Å². The summed E-state index contributed by atoms with van der Waals surface area (Å²) in [4.78, 5) is 37.1. The highest BCUT2D eigenvalue weighted by molar-refractivity contribution is 5.70. The maximum absolute atomic E-state index is 12.8. The van der Waals surface area contributed by atoms with Crippen molar-refractivity contribution >= 4 is 17.9 Å². The molecule has 68 heavy (non-hydrogen) atoms. The predicted octanol–water partition coefficient (Wildman–Crippen LogP) is 15.3. The number of aliphatic carboxylic acids is 1. The van der Waals surface area contributed by atoms with Gasteiger partial charge in [0.1, 0.15) is 12.6 Å². The summed E-state index contributed by atoms with van der Waals surface area (Å²) in [5, 5.41) is 11.7. The molecule has 0 aliphatic heterocycles. The second kappa shape index (κ2) is 50.2. The maximum Gasteiger partial charge on any atom is 0.306 e. The number of rotatable bonds is 50. The summed E-state index contributed by atoms with van der Waals surface area (Å²) in [6, 6.07) is -0.736. The van der Waals surface area contributed by atoms with E-state index in [9.17, 15) is 19.5 Å². The molecule has 0 N–H and O–H groups in total. The van der Waals surface area contributed by atoms with Crippen molar-refractivity contribution in [3.63, 3.8) is 0 Å². The minimum absolute atomic E-state index is 0.0258.